The van der Waals surface area contributed by atoms with E-state index in [2.05, 4.69) is 30.7 Å². The van der Waals surface area contributed by atoms with Crippen molar-refractivity contribution in [3.8, 4) is 11.8 Å². The molecular weight excluding hydrogens is 442 g/mol. The lowest BCUT2D eigenvalue weighted by molar-refractivity contribution is 0.0860. The van der Waals surface area contributed by atoms with Crippen LogP contribution in [0, 0.1) is 18.3 Å². The van der Waals surface area contributed by atoms with Gasteiger partial charge in [-0.25, -0.2) is 4.98 Å². The molecule has 0 radical (unpaired) electrons. The third-order valence-electron chi connectivity index (χ3n) is 6.30. The minimum Gasteiger partial charge on any atom is -0.496 e. The van der Waals surface area contributed by atoms with Gasteiger partial charge < -0.3 is 24.8 Å². The Bertz CT molecular complexity index is 1390. The zero-order chi connectivity index (χ0) is 24.7. The summed E-state index contributed by atoms with van der Waals surface area (Å²) >= 11 is 0. The lowest BCUT2D eigenvalue weighted by Crippen LogP contribution is -2.38. The molecule has 0 aliphatic heterocycles. The Morgan fingerprint density at radius 3 is 2.68 bits per heavy atom. The van der Waals surface area contributed by atoms with E-state index in [0.29, 0.717) is 30.5 Å². The molecule has 1 atom stereocenters. The van der Waals surface area contributed by atoms with Crippen molar-refractivity contribution >= 4 is 30.0 Å². The van der Waals surface area contributed by atoms with Crippen LogP contribution in [0.15, 0.2) is 36.5 Å². The molecule has 0 fully saturated rings. The molecule has 4 aromatic rings. The number of hydrogen-bond donors (Lipinski definition) is 2. The number of H-pyrrole nitrogens is 1. The molecule has 7 nitrogen and oxygen atoms in total. The van der Waals surface area contributed by atoms with Crippen LogP contribution >= 0.6 is 0 Å². The summed E-state index contributed by atoms with van der Waals surface area (Å²) in [5.41, 5.74) is 11.3. The predicted molar refractivity (Wildman–Crippen MR) is 139 cm³/mol. The van der Waals surface area contributed by atoms with E-state index in [-0.39, 0.29) is 0 Å². The van der Waals surface area contributed by atoms with Gasteiger partial charge in [0.05, 0.1) is 29.8 Å². The summed E-state index contributed by atoms with van der Waals surface area (Å²) < 4.78 is 13.9. The molecule has 34 heavy (non-hydrogen) atoms. The summed E-state index contributed by atoms with van der Waals surface area (Å²) in [6, 6.07) is 12.8. The molecule has 4 rings (SSSR count). The van der Waals surface area contributed by atoms with Crippen LogP contribution in [-0.2, 0) is 17.0 Å². The van der Waals surface area contributed by atoms with Gasteiger partial charge in [0.25, 0.3) is 0 Å². The zero-order valence-electron chi connectivity index (χ0n) is 20.8. The molecule has 0 amide bonds. The van der Waals surface area contributed by atoms with Crippen molar-refractivity contribution in [1.82, 2.24) is 14.5 Å². The number of nitrogens with two attached hydrogens (primary N) is 1. The number of nitrogens with zero attached hydrogens (tertiary/aromatic N) is 3. The van der Waals surface area contributed by atoms with Gasteiger partial charge in [0, 0.05) is 37.3 Å². The monoisotopic (exact) mass is 475 g/mol. The second kappa shape index (κ2) is 8.91. The summed E-state index contributed by atoms with van der Waals surface area (Å²) in [6.45, 7) is 12.0. The summed E-state index contributed by atoms with van der Waals surface area (Å²) in [5.74, 6) is 1.38. The fourth-order valence-electron chi connectivity index (χ4n) is 4.44. The fraction of sp³-hybridized carbons (Fsp3) is 0.385. The number of nitriles is 1. The van der Waals surface area contributed by atoms with Gasteiger partial charge in [-0.3, -0.25) is 0 Å². The van der Waals surface area contributed by atoms with Gasteiger partial charge >= 0.3 is 0 Å². The summed E-state index contributed by atoms with van der Waals surface area (Å²) in [7, 11) is 0.432. The molecular formula is C26H33N5O2Si. The van der Waals surface area contributed by atoms with Crippen LogP contribution in [0.5, 0.6) is 5.75 Å². The van der Waals surface area contributed by atoms with Crippen LogP contribution in [0.25, 0.3) is 21.9 Å². The molecule has 3 N–H and O–H groups in total. The van der Waals surface area contributed by atoms with Crippen molar-refractivity contribution in [2.45, 2.75) is 51.8 Å². The van der Waals surface area contributed by atoms with Crippen LogP contribution in [0.3, 0.4) is 0 Å². The highest BCUT2D eigenvalue weighted by atomic mass is 28.3. The van der Waals surface area contributed by atoms with Gasteiger partial charge in [0.15, 0.2) is 0 Å². The number of aromatic nitrogens is 3. The van der Waals surface area contributed by atoms with E-state index >= 15 is 0 Å². The molecule has 2 aromatic heterocycles. The minimum atomic E-state index is -1.23. The molecule has 0 aliphatic carbocycles. The number of ether oxygens (including phenoxy) is 2. The Morgan fingerprint density at radius 2 is 2.00 bits per heavy atom. The maximum absolute atomic E-state index is 9.47. The van der Waals surface area contributed by atoms with Crippen molar-refractivity contribution < 1.29 is 9.47 Å². The fourth-order valence-corrected chi connectivity index (χ4v) is 5.20. The maximum Gasteiger partial charge on any atom is 0.136 e. The second-order valence-electron chi connectivity index (χ2n) is 10.3. The average molecular weight is 476 g/mol. The molecule has 0 spiro atoms. The SMILES string of the molecule is COc1cc(C)c2[nH]ccc2c1C(C)(N)c1nc2ccc(C#N)cc2n1COCC[Si](C)(C)C. The van der Waals surface area contributed by atoms with Crippen LogP contribution in [0.1, 0.15) is 29.4 Å². The molecule has 1 unspecified atom stereocenters. The summed E-state index contributed by atoms with van der Waals surface area (Å²) in [5, 5.41) is 10.5. The normalized spacial score (nSPS) is 13.8. The maximum atomic E-state index is 9.47. The predicted octanol–water partition coefficient (Wildman–Crippen LogP) is 5.24. The Labute approximate surface area is 201 Å². The largest absolute Gasteiger partial charge is 0.496 e. The molecule has 0 saturated carbocycles. The molecule has 0 bridgehead atoms. The van der Waals surface area contributed by atoms with E-state index < -0.39 is 13.6 Å². The number of nitrogens with one attached hydrogen (secondary N) is 1. The zero-order valence-corrected chi connectivity index (χ0v) is 21.8. The molecule has 8 heteroatoms. The van der Waals surface area contributed by atoms with E-state index in [0.717, 1.165) is 39.1 Å². The molecule has 178 valence electrons. The molecule has 2 aromatic carbocycles. The van der Waals surface area contributed by atoms with Crippen molar-refractivity contribution in [2.24, 2.45) is 5.73 Å². The average Bonchev–Trinajstić information content (AvgIpc) is 3.41. The lowest BCUT2D eigenvalue weighted by Gasteiger charge is -2.29. The van der Waals surface area contributed by atoms with Gasteiger partial charge in [0.1, 0.15) is 23.8 Å². The summed E-state index contributed by atoms with van der Waals surface area (Å²) in [6.07, 6.45) is 1.92. The quantitative estimate of drug-likeness (QED) is 0.268. The molecule has 2 heterocycles. The number of fused-ring (bicyclic) bond motifs is 2. The minimum absolute atomic E-state index is 0.308. The highest BCUT2D eigenvalue weighted by molar-refractivity contribution is 6.76. The van der Waals surface area contributed by atoms with Crippen molar-refractivity contribution in [2.75, 3.05) is 13.7 Å². The Kier molecular flexibility index (Phi) is 6.29. The molecule has 0 saturated heterocycles. The van der Waals surface area contributed by atoms with Gasteiger partial charge in [-0.1, -0.05) is 19.6 Å². The van der Waals surface area contributed by atoms with Gasteiger partial charge in [-0.15, -0.1) is 0 Å². The Hall–Kier alpha value is -3.12. The number of hydrogen-bond acceptors (Lipinski definition) is 5. The standard InChI is InChI=1S/C26H33N5O2Si/c1-17-13-22(32-3)23(19-9-10-29-24(17)19)26(2,28)25-30-20-8-7-18(15-27)14-21(20)31(25)16-33-11-12-34(4,5)6/h7-10,13-14,29H,11-12,16,28H2,1-6H3. The van der Waals surface area contributed by atoms with Crippen LogP contribution in [0.4, 0.5) is 0 Å². The second-order valence-corrected chi connectivity index (χ2v) is 15.9. The van der Waals surface area contributed by atoms with Gasteiger partial charge in [-0.2, -0.15) is 5.26 Å². The number of aryl methyl sites for hydroxylation is 1. The first kappa shape index (κ1) is 24.0. The van der Waals surface area contributed by atoms with Crippen LogP contribution < -0.4 is 10.5 Å². The van der Waals surface area contributed by atoms with E-state index in [1.807, 2.05) is 48.9 Å². The van der Waals surface area contributed by atoms with Crippen molar-refractivity contribution in [3.63, 3.8) is 0 Å². The van der Waals surface area contributed by atoms with Gasteiger partial charge in [0.2, 0.25) is 0 Å². The molecule has 0 aliphatic rings. The smallest absolute Gasteiger partial charge is 0.136 e. The van der Waals surface area contributed by atoms with Gasteiger partial charge in [-0.05, 0) is 55.8 Å². The first-order valence-electron chi connectivity index (χ1n) is 11.5. The lowest BCUT2D eigenvalue weighted by atomic mass is 9.87. The first-order valence-corrected chi connectivity index (χ1v) is 15.2. The number of methoxy groups -OCH3 is 1. The number of imidazole rings is 1. The third kappa shape index (κ3) is 4.34. The Morgan fingerprint density at radius 1 is 1.24 bits per heavy atom. The van der Waals surface area contributed by atoms with E-state index in [9.17, 15) is 5.26 Å². The Balaban J connectivity index is 1.88. The summed E-state index contributed by atoms with van der Waals surface area (Å²) in [4.78, 5) is 8.26. The van der Waals surface area contributed by atoms with Crippen LogP contribution in [-0.4, -0.2) is 36.3 Å². The van der Waals surface area contributed by atoms with E-state index in [1.54, 1.807) is 13.2 Å². The van der Waals surface area contributed by atoms with E-state index in [4.69, 9.17) is 20.2 Å². The number of rotatable bonds is 8. The highest BCUT2D eigenvalue weighted by Crippen LogP contribution is 2.40. The van der Waals surface area contributed by atoms with E-state index in [1.165, 1.54) is 0 Å². The topological polar surface area (TPSA) is 102 Å². The first-order chi connectivity index (χ1) is 16.1. The highest BCUT2D eigenvalue weighted by Gasteiger charge is 2.35. The third-order valence-corrected chi connectivity index (χ3v) is 8.01. The number of aromatic amines is 1. The van der Waals surface area contributed by atoms with Crippen LogP contribution in [0.2, 0.25) is 25.7 Å². The van der Waals surface area contributed by atoms with Crippen molar-refractivity contribution in [3.05, 3.63) is 59.0 Å². The van der Waals surface area contributed by atoms with Crippen molar-refractivity contribution in [1.29, 1.82) is 5.26 Å². The number of benzene rings is 2.